The second kappa shape index (κ2) is 5.89. The summed E-state index contributed by atoms with van der Waals surface area (Å²) in [4.78, 5) is 3.56. The highest BCUT2D eigenvalue weighted by Crippen LogP contribution is 2.15. The third-order valence-electron chi connectivity index (χ3n) is 2.05. The molecule has 0 saturated heterocycles. The van der Waals surface area contributed by atoms with Crippen LogP contribution >= 0.6 is 11.8 Å². The minimum atomic E-state index is 0.935. The smallest absolute Gasteiger partial charge is 0.0234 e. The first kappa shape index (κ1) is 11.3. The second-order valence-corrected chi connectivity index (χ2v) is 4.21. The Bertz CT molecular complexity index is 279. The van der Waals surface area contributed by atoms with Crippen LogP contribution in [0.15, 0.2) is 41.8 Å². The van der Waals surface area contributed by atoms with Gasteiger partial charge >= 0.3 is 0 Å². The van der Waals surface area contributed by atoms with Crippen molar-refractivity contribution in [3.05, 3.63) is 42.5 Å². The Morgan fingerprint density at radius 3 is 2.50 bits per heavy atom. The van der Waals surface area contributed by atoms with E-state index in [4.69, 9.17) is 0 Å². The van der Waals surface area contributed by atoms with Gasteiger partial charge in [0.25, 0.3) is 0 Å². The average molecular weight is 207 g/mol. The van der Waals surface area contributed by atoms with Crippen molar-refractivity contribution in [2.24, 2.45) is 0 Å². The maximum Gasteiger partial charge on any atom is 0.0234 e. The maximum absolute atomic E-state index is 3.72. The molecule has 0 saturated carbocycles. The van der Waals surface area contributed by atoms with Crippen LogP contribution < -0.4 is 0 Å². The number of benzene rings is 1. The van der Waals surface area contributed by atoms with E-state index in [-0.39, 0.29) is 0 Å². The van der Waals surface area contributed by atoms with Gasteiger partial charge in [-0.3, -0.25) is 4.90 Å². The molecule has 0 bridgehead atoms. The maximum atomic E-state index is 3.72. The van der Waals surface area contributed by atoms with Crippen LogP contribution in [-0.4, -0.2) is 24.7 Å². The lowest BCUT2D eigenvalue weighted by molar-refractivity contribution is 0.363. The molecule has 0 spiro atoms. The van der Waals surface area contributed by atoms with Gasteiger partial charge < -0.3 is 0 Å². The lowest BCUT2D eigenvalue weighted by Gasteiger charge is -2.14. The molecule has 0 atom stereocenters. The summed E-state index contributed by atoms with van der Waals surface area (Å²) in [7, 11) is 2.10. The Morgan fingerprint density at radius 1 is 1.36 bits per heavy atom. The second-order valence-electron chi connectivity index (χ2n) is 3.33. The van der Waals surface area contributed by atoms with E-state index < -0.39 is 0 Å². The lowest BCUT2D eigenvalue weighted by Crippen LogP contribution is -2.17. The molecule has 0 unspecified atom stereocenters. The highest BCUT2D eigenvalue weighted by atomic mass is 32.2. The molecule has 1 aromatic carbocycles. The first-order valence-corrected chi connectivity index (χ1v) is 5.91. The topological polar surface area (TPSA) is 3.24 Å². The molecule has 0 aromatic heterocycles. The fourth-order valence-electron chi connectivity index (χ4n) is 1.33. The third kappa shape index (κ3) is 3.56. The number of nitrogens with zero attached hydrogens (tertiary/aromatic N) is 1. The third-order valence-corrected chi connectivity index (χ3v) is 2.80. The predicted molar refractivity (Wildman–Crippen MR) is 64.8 cm³/mol. The van der Waals surface area contributed by atoms with Crippen LogP contribution in [0.3, 0.4) is 0 Å². The number of rotatable bonds is 5. The molecule has 14 heavy (non-hydrogen) atoms. The Hall–Kier alpha value is -0.730. The molecule has 0 aliphatic carbocycles. The van der Waals surface area contributed by atoms with Gasteiger partial charge in [0, 0.05) is 18.0 Å². The molecule has 0 heterocycles. The van der Waals surface area contributed by atoms with Gasteiger partial charge in [-0.2, -0.15) is 0 Å². The average Bonchev–Trinajstić information content (AvgIpc) is 2.19. The molecule has 0 aliphatic heterocycles. The predicted octanol–water partition coefficient (Wildman–Crippen LogP) is 3.03. The van der Waals surface area contributed by atoms with Gasteiger partial charge in [0.05, 0.1) is 0 Å². The minimum Gasteiger partial charge on any atom is -0.298 e. The van der Waals surface area contributed by atoms with Crippen LogP contribution in [0.1, 0.15) is 5.56 Å². The highest BCUT2D eigenvalue weighted by Gasteiger charge is 1.97. The summed E-state index contributed by atoms with van der Waals surface area (Å²) in [5.74, 6) is 0. The van der Waals surface area contributed by atoms with Crippen molar-refractivity contribution in [3.8, 4) is 0 Å². The summed E-state index contributed by atoms with van der Waals surface area (Å²) >= 11 is 1.78. The monoisotopic (exact) mass is 207 g/mol. The van der Waals surface area contributed by atoms with Crippen molar-refractivity contribution in [3.63, 3.8) is 0 Å². The van der Waals surface area contributed by atoms with Gasteiger partial charge in [-0.1, -0.05) is 18.2 Å². The summed E-state index contributed by atoms with van der Waals surface area (Å²) in [6.45, 7) is 5.65. The number of thioether (sulfide) groups is 1. The zero-order valence-corrected chi connectivity index (χ0v) is 9.68. The molecule has 0 N–H and O–H groups in total. The van der Waals surface area contributed by atoms with E-state index in [1.165, 1.54) is 10.5 Å². The van der Waals surface area contributed by atoms with Crippen molar-refractivity contribution in [2.45, 2.75) is 11.4 Å². The fourth-order valence-corrected chi connectivity index (χ4v) is 1.74. The molecule has 1 aromatic rings. The van der Waals surface area contributed by atoms with Crippen molar-refractivity contribution in [1.82, 2.24) is 4.90 Å². The number of hydrogen-bond donors (Lipinski definition) is 0. The summed E-state index contributed by atoms with van der Waals surface area (Å²) < 4.78 is 0. The highest BCUT2D eigenvalue weighted by molar-refractivity contribution is 7.98. The van der Waals surface area contributed by atoms with Gasteiger partial charge in [0.15, 0.2) is 0 Å². The van der Waals surface area contributed by atoms with E-state index in [1.807, 2.05) is 6.08 Å². The standard InChI is InChI=1S/C12H17NS/c1-4-9-13(2)10-11-5-7-12(14-3)8-6-11/h4-8H,1,9-10H2,2-3H3. The molecule has 1 nitrogen and oxygen atoms in total. The SMILES string of the molecule is C=CCN(C)Cc1ccc(SC)cc1. The minimum absolute atomic E-state index is 0.935. The van der Waals surface area contributed by atoms with Crippen LogP contribution in [0.5, 0.6) is 0 Å². The molecular weight excluding hydrogens is 190 g/mol. The van der Waals surface area contributed by atoms with Gasteiger partial charge in [-0.25, -0.2) is 0 Å². The molecule has 0 radical (unpaired) electrons. The summed E-state index contributed by atoms with van der Waals surface area (Å²) in [6, 6.07) is 8.71. The largest absolute Gasteiger partial charge is 0.298 e. The van der Waals surface area contributed by atoms with Crippen LogP contribution in [0.4, 0.5) is 0 Å². The van der Waals surface area contributed by atoms with Crippen molar-refractivity contribution >= 4 is 11.8 Å². The summed E-state index contributed by atoms with van der Waals surface area (Å²) in [6.07, 6.45) is 4.02. The summed E-state index contributed by atoms with van der Waals surface area (Å²) in [5.41, 5.74) is 1.35. The first-order chi connectivity index (χ1) is 6.76. The fraction of sp³-hybridized carbons (Fsp3) is 0.333. The van der Waals surface area contributed by atoms with Crippen molar-refractivity contribution < 1.29 is 0 Å². The van der Waals surface area contributed by atoms with Crippen molar-refractivity contribution in [2.75, 3.05) is 19.8 Å². The van der Waals surface area contributed by atoms with Crippen LogP contribution in [-0.2, 0) is 6.54 Å². The van der Waals surface area contributed by atoms with Gasteiger partial charge in [-0.05, 0) is 31.0 Å². The molecule has 76 valence electrons. The van der Waals surface area contributed by atoms with E-state index in [0.29, 0.717) is 0 Å². The molecule has 0 amide bonds. The summed E-state index contributed by atoms with van der Waals surface area (Å²) in [5, 5.41) is 0. The lowest BCUT2D eigenvalue weighted by atomic mass is 10.2. The Kier molecular flexibility index (Phi) is 4.77. The van der Waals surface area contributed by atoms with E-state index in [0.717, 1.165) is 13.1 Å². The van der Waals surface area contributed by atoms with Crippen LogP contribution in [0.25, 0.3) is 0 Å². The first-order valence-electron chi connectivity index (χ1n) is 4.68. The van der Waals surface area contributed by atoms with E-state index >= 15 is 0 Å². The number of likely N-dealkylation sites (N-methyl/N-ethyl adjacent to an activating group) is 1. The van der Waals surface area contributed by atoms with E-state index in [9.17, 15) is 0 Å². The van der Waals surface area contributed by atoms with Gasteiger partial charge in [-0.15, -0.1) is 18.3 Å². The van der Waals surface area contributed by atoms with Crippen LogP contribution in [0, 0.1) is 0 Å². The van der Waals surface area contributed by atoms with E-state index in [2.05, 4.69) is 49.0 Å². The Balaban J connectivity index is 2.54. The molecular formula is C12H17NS. The molecule has 0 fully saturated rings. The number of hydrogen-bond acceptors (Lipinski definition) is 2. The Morgan fingerprint density at radius 2 is 2.00 bits per heavy atom. The normalized spacial score (nSPS) is 10.5. The quantitative estimate of drug-likeness (QED) is 0.539. The van der Waals surface area contributed by atoms with Crippen LogP contribution in [0.2, 0.25) is 0 Å². The zero-order chi connectivity index (χ0) is 10.4. The van der Waals surface area contributed by atoms with Gasteiger partial charge in [0.2, 0.25) is 0 Å². The molecule has 0 aliphatic rings. The molecule has 1 rings (SSSR count). The Labute approximate surface area is 90.8 Å². The molecule has 2 heteroatoms. The van der Waals surface area contributed by atoms with Crippen molar-refractivity contribution in [1.29, 1.82) is 0 Å². The van der Waals surface area contributed by atoms with E-state index in [1.54, 1.807) is 11.8 Å². The zero-order valence-electron chi connectivity index (χ0n) is 8.86. The van der Waals surface area contributed by atoms with Gasteiger partial charge in [0.1, 0.15) is 0 Å².